The molecule has 0 aliphatic carbocycles. The van der Waals surface area contributed by atoms with E-state index in [0.29, 0.717) is 6.42 Å². The molecule has 0 aliphatic heterocycles. The number of nitrogens with one attached hydrogen (secondary N) is 1. The zero-order valence-corrected chi connectivity index (χ0v) is 10.4. The number of benzene rings is 1. The molecule has 0 aliphatic rings. The van der Waals surface area contributed by atoms with Crippen LogP contribution in [0.5, 0.6) is 0 Å². The fourth-order valence-electron chi connectivity index (χ4n) is 1.81. The molecule has 80 valence electrons. The second-order valence-electron chi connectivity index (χ2n) is 4.47. The van der Waals surface area contributed by atoms with Crippen molar-refractivity contribution in [3.05, 3.63) is 34.4 Å². The predicted molar refractivity (Wildman–Crippen MR) is 66.0 cm³/mol. The van der Waals surface area contributed by atoms with Crippen molar-refractivity contribution in [1.82, 2.24) is 4.98 Å². The molecule has 0 saturated heterocycles. The molecule has 0 amide bonds. The molecule has 2 aromatic rings. The number of halogens is 1. The Bertz CT molecular complexity index is 482. The van der Waals surface area contributed by atoms with Crippen molar-refractivity contribution in [2.24, 2.45) is 0 Å². The van der Waals surface area contributed by atoms with Gasteiger partial charge in [0.05, 0.1) is 5.60 Å². The van der Waals surface area contributed by atoms with Gasteiger partial charge in [0.15, 0.2) is 0 Å². The third-order valence-corrected chi connectivity index (χ3v) is 3.02. The number of rotatable bonds is 2. The summed E-state index contributed by atoms with van der Waals surface area (Å²) in [5.41, 5.74) is 1.57. The first-order chi connectivity index (χ1) is 6.97. The molecule has 0 saturated carbocycles. The van der Waals surface area contributed by atoms with Gasteiger partial charge >= 0.3 is 0 Å². The van der Waals surface area contributed by atoms with Crippen LogP contribution in [0.1, 0.15) is 19.4 Å². The lowest BCUT2D eigenvalue weighted by atomic mass is 9.98. The minimum absolute atomic E-state index is 0.648. The Hall–Kier alpha value is -0.800. The van der Waals surface area contributed by atoms with Crippen LogP contribution in [-0.4, -0.2) is 15.7 Å². The summed E-state index contributed by atoms with van der Waals surface area (Å²) in [4.78, 5) is 3.21. The van der Waals surface area contributed by atoms with Gasteiger partial charge in [-0.05, 0) is 31.5 Å². The van der Waals surface area contributed by atoms with Gasteiger partial charge in [0.1, 0.15) is 0 Å². The van der Waals surface area contributed by atoms with E-state index < -0.39 is 5.60 Å². The minimum Gasteiger partial charge on any atom is -0.390 e. The molecular weight excluding hydrogens is 254 g/mol. The summed E-state index contributed by atoms with van der Waals surface area (Å²) in [6.07, 6.45) is 2.61. The van der Waals surface area contributed by atoms with E-state index in [-0.39, 0.29) is 0 Å². The van der Waals surface area contributed by atoms with Crippen LogP contribution < -0.4 is 0 Å². The maximum absolute atomic E-state index is 9.81. The van der Waals surface area contributed by atoms with E-state index in [1.807, 2.05) is 38.2 Å². The number of H-pyrrole nitrogens is 1. The van der Waals surface area contributed by atoms with Crippen LogP contribution in [0.3, 0.4) is 0 Å². The van der Waals surface area contributed by atoms with Crippen molar-refractivity contribution in [2.75, 3.05) is 0 Å². The van der Waals surface area contributed by atoms with Crippen molar-refractivity contribution in [2.45, 2.75) is 25.9 Å². The Balaban J connectivity index is 2.53. The Morgan fingerprint density at radius 1 is 1.40 bits per heavy atom. The fraction of sp³-hybridized carbons (Fsp3) is 0.333. The highest BCUT2D eigenvalue weighted by molar-refractivity contribution is 9.10. The molecule has 0 fully saturated rings. The van der Waals surface area contributed by atoms with E-state index in [9.17, 15) is 5.11 Å². The van der Waals surface area contributed by atoms with Gasteiger partial charge in [-0.3, -0.25) is 0 Å². The Morgan fingerprint density at radius 3 is 2.80 bits per heavy atom. The van der Waals surface area contributed by atoms with E-state index >= 15 is 0 Å². The Morgan fingerprint density at radius 2 is 2.13 bits per heavy atom. The van der Waals surface area contributed by atoms with Gasteiger partial charge in [-0.25, -0.2) is 0 Å². The third-order valence-electron chi connectivity index (χ3n) is 2.36. The van der Waals surface area contributed by atoms with Crippen molar-refractivity contribution in [1.29, 1.82) is 0 Å². The van der Waals surface area contributed by atoms with Crippen LogP contribution in [0, 0.1) is 0 Å². The average molecular weight is 268 g/mol. The number of hydrogen-bond donors (Lipinski definition) is 2. The van der Waals surface area contributed by atoms with Crippen LogP contribution in [0.15, 0.2) is 28.9 Å². The molecule has 3 heteroatoms. The zero-order chi connectivity index (χ0) is 11.1. The van der Waals surface area contributed by atoms with Gasteiger partial charge in [0.25, 0.3) is 0 Å². The highest BCUT2D eigenvalue weighted by Gasteiger charge is 2.17. The van der Waals surface area contributed by atoms with Crippen LogP contribution in [0.4, 0.5) is 0 Å². The molecule has 0 unspecified atom stereocenters. The first-order valence-electron chi connectivity index (χ1n) is 4.94. The topological polar surface area (TPSA) is 36.0 Å². The molecule has 0 bridgehead atoms. The number of aromatic amines is 1. The van der Waals surface area contributed by atoms with E-state index in [0.717, 1.165) is 15.6 Å². The third kappa shape index (κ3) is 2.24. The van der Waals surface area contributed by atoms with Gasteiger partial charge in [-0.2, -0.15) is 0 Å². The largest absolute Gasteiger partial charge is 0.390 e. The van der Waals surface area contributed by atoms with Gasteiger partial charge in [0, 0.05) is 28.0 Å². The molecular formula is C12H14BrNO. The van der Waals surface area contributed by atoms with Crippen molar-refractivity contribution >= 4 is 26.8 Å². The lowest BCUT2D eigenvalue weighted by molar-refractivity contribution is 0.0813. The summed E-state index contributed by atoms with van der Waals surface area (Å²) < 4.78 is 1.07. The standard InChI is InChI=1S/C12H14BrNO/c1-12(2,15)6-8-7-14-10-5-3-4-9(13)11(8)10/h3-5,7,14-15H,6H2,1-2H3. The number of aliphatic hydroxyl groups is 1. The molecule has 1 aromatic heterocycles. The van der Waals surface area contributed by atoms with E-state index in [1.54, 1.807) is 0 Å². The molecule has 1 aromatic carbocycles. The molecule has 1 heterocycles. The smallest absolute Gasteiger partial charge is 0.0632 e. The summed E-state index contributed by atoms with van der Waals surface area (Å²) in [5.74, 6) is 0. The van der Waals surface area contributed by atoms with Gasteiger partial charge < -0.3 is 10.1 Å². The second kappa shape index (κ2) is 3.65. The van der Waals surface area contributed by atoms with Crippen molar-refractivity contribution in [3.63, 3.8) is 0 Å². The highest BCUT2D eigenvalue weighted by atomic mass is 79.9. The summed E-state index contributed by atoms with van der Waals surface area (Å²) in [7, 11) is 0. The lowest BCUT2D eigenvalue weighted by Crippen LogP contribution is -2.21. The molecule has 0 radical (unpaired) electrons. The summed E-state index contributed by atoms with van der Waals surface area (Å²) >= 11 is 3.53. The Kier molecular flexibility index (Phi) is 2.61. The minimum atomic E-state index is -0.676. The van der Waals surface area contributed by atoms with E-state index in [4.69, 9.17) is 0 Å². The first kappa shape index (κ1) is 10.7. The van der Waals surface area contributed by atoms with Crippen molar-refractivity contribution in [3.8, 4) is 0 Å². The number of aromatic nitrogens is 1. The Labute approximate surface area is 97.4 Å². The van der Waals surface area contributed by atoms with Gasteiger partial charge in [-0.15, -0.1) is 0 Å². The van der Waals surface area contributed by atoms with Crippen LogP contribution >= 0.6 is 15.9 Å². The van der Waals surface area contributed by atoms with Crippen LogP contribution in [-0.2, 0) is 6.42 Å². The van der Waals surface area contributed by atoms with Crippen LogP contribution in [0.25, 0.3) is 10.9 Å². The normalized spacial score (nSPS) is 12.3. The SMILES string of the molecule is CC(C)(O)Cc1c[nH]c2cccc(Br)c12. The van der Waals surface area contributed by atoms with E-state index in [1.165, 1.54) is 5.39 Å². The lowest BCUT2D eigenvalue weighted by Gasteiger charge is -2.16. The predicted octanol–water partition coefficient (Wildman–Crippen LogP) is 3.24. The molecule has 15 heavy (non-hydrogen) atoms. The molecule has 0 spiro atoms. The number of fused-ring (bicyclic) bond motifs is 1. The molecule has 2 N–H and O–H groups in total. The molecule has 2 nitrogen and oxygen atoms in total. The highest BCUT2D eigenvalue weighted by Crippen LogP contribution is 2.29. The monoisotopic (exact) mass is 267 g/mol. The molecule has 0 atom stereocenters. The zero-order valence-electron chi connectivity index (χ0n) is 8.84. The van der Waals surface area contributed by atoms with Crippen molar-refractivity contribution < 1.29 is 5.11 Å². The first-order valence-corrected chi connectivity index (χ1v) is 5.73. The summed E-state index contributed by atoms with van der Waals surface area (Å²) in [5, 5.41) is 11.0. The maximum atomic E-state index is 9.81. The molecule has 2 rings (SSSR count). The van der Waals surface area contributed by atoms with Gasteiger partial charge in [-0.1, -0.05) is 22.0 Å². The second-order valence-corrected chi connectivity index (χ2v) is 5.32. The van der Waals surface area contributed by atoms with Crippen LogP contribution in [0.2, 0.25) is 0 Å². The summed E-state index contributed by atoms with van der Waals surface area (Å²) in [6, 6.07) is 6.05. The number of hydrogen-bond acceptors (Lipinski definition) is 1. The van der Waals surface area contributed by atoms with Gasteiger partial charge in [0.2, 0.25) is 0 Å². The quantitative estimate of drug-likeness (QED) is 0.861. The fourth-order valence-corrected chi connectivity index (χ4v) is 2.43. The average Bonchev–Trinajstić information content (AvgIpc) is 2.47. The summed E-state index contributed by atoms with van der Waals surface area (Å²) in [6.45, 7) is 3.64. The van der Waals surface area contributed by atoms with E-state index in [2.05, 4.69) is 20.9 Å². The maximum Gasteiger partial charge on any atom is 0.0632 e.